The Morgan fingerprint density at radius 2 is 2.06 bits per heavy atom. The molecule has 94 valence electrons. The van der Waals surface area contributed by atoms with Crippen LogP contribution in [0.15, 0.2) is 6.07 Å². The standard InChI is InChI=1S/C13H22N4/c1-3-4-5-12-10-13(16-11(2)15-12)17-8-6-14-7-9-17/h10,14H,3-9H2,1-2H3. The fourth-order valence-electron chi connectivity index (χ4n) is 2.15. The molecule has 4 heteroatoms. The van der Waals surface area contributed by atoms with E-state index in [-0.39, 0.29) is 0 Å². The van der Waals surface area contributed by atoms with Crippen molar-refractivity contribution < 1.29 is 0 Å². The van der Waals surface area contributed by atoms with Crippen LogP contribution in [0.2, 0.25) is 0 Å². The summed E-state index contributed by atoms with van der Waals surface area (Å²) in [5.41, 5.74) is 1.19. The van der Waals surface area contributed by atoms with Crippen LogP contribution in [-0.4, -0.2) is 36.1 Å². The van der Waals surface area contributed by atoms with Gasteiger partial charge in [0.1, 0.15) is 11.6 Å². The highest BCUT2D eigenvalue weighted by Crippen LogP contribution is 2.14. The summed E-state index contributed by atoms with van der Waals surface area (Å²) in [6.07, 6.45) is 3.49. The first-order valence-corrected chi connectivity index (χ1v) is 6.60. The molecule has 1 aliphatic heterocycles. The van der Waals surface area contributed by atoms with Crippen molar-refractivity contribution in [2.24, 2.45) is 0 Å². The van der Waals surface area contributed by atoms with Gasteiger partial charge in [0, 0.05) is 37.9 Å². The Hall–Kier alpha value is -1.16. The lowest BCUT2D eigenvalue weighted by atomic mass is 10.2. The average Bonchev–Trinajstić information content (AvgIpc) is 2.37. The number of aryl methyl sites for hydroxylation is 2. The van der Waals surface area contributed by atoms with E-state index < -0.39 is 0 Å². The van der Waals surface area contributed by atoms with Gasteiger partial charge in [-0.2, -0.15) is 0 Å². The minimum Gasteiger partial charge on any atom is -0.354 e. The highest BCUT2D eigenvalue weighted by Gasteiger charge is 2.13. The fourth-order valence-corrected chi connectivity index (χ4v) is 2.15. The van der Waals surface area contributed by atoms with Gasteiger partial charge in [-0.05, 0) is 19.8 Å². The first kappa shape index (κ1) is 12.3. The molecule has 0 atom stereocenters. The third-order valence-electron chi connectivity index (χ3n) is 3.10. The molecule has 0 radical (unpaired) electrons. The van der Waals surface area contributed by atoms with Gasteiger partial charge < -0.3 is 10.2 Å². The maximum absolute atomic E-state index is 4.55. The van der Waals surface area contributed by atoms with Gasteiger partial charge in [0.2, 0.25) is 0 Å². The molecule has 0 aromatic carbocycles. The molecule has 1 aromatic rings. The minimum absolute atomic E-state index is 0.895. The molecule has 0 unspecified atom stereocenters. The van der Waals surface area contributed by atoms with Crippen LogP contribution in [0.5, 0.6) is 0 Å². The number of rotatable bonds is 4. The third-order valence-corrected chi connectivity index (χ3v) is 3.10. The molecule has 0 saturated carbocycles. The van der Waals surface area contributed by atoms with E-state index in [9.17, 15) is 0 Å². The monoisotopic (exact) mass is 234 g/mol. The summed E-state index contributed by atoms with van der Waals surface area (Å²) in [4.78, 5) is 11.4. The Kier molecular flexibility index (Phi) is 4.31. The van der Waals surface area contributed by atoms with E-state index in [0.717, 1.165) is 44.2 Å². The molecule has 1 saturated heterocycles. The topological polar surface area (TPSA) is 41.0 Å². The zero-order valence-electron chi connectivity index (χ0n) is 10.9. The average molecular weight is 234 g/mol. The summed E-state index contributed by atoms with van der Waals surface area (Å²) in [7, 11) is 0. The van der Waals surface area contributed by atoms with Gasteiger partial charge in [-0.1, -0.05) is 13.3 Å². The van der Waals surface area contributed by atoms with E-state index in [2.05, 4.69) is 33.2 Å². The zero-order chi connectivity index (χ0) is 12.1. The molecule has 0 amide bonds. The zero-order valence-corrected chi connectivity index (χ0v) is 10.9. The number of aromatic nitrogens is 2. The van der Waals surface area contributed by atoms with Gasteiger partial charge in [-0.3, -0.25) is 0 Å². The summed E-state index contributed by atoms with van der Waals surface area (Å²) in [6.45, 7) is 8.39. The Balaban J connectivity index is 2.12. The van der Waals surface area contributed by atoms with E-state index in [4.69, 9.17) is 0 Å². The van der Waals surface area contributed by atoms with Gasteiger partial charge in [0.15, 0.2) is 0 Å². The molecule has 4 nitrogen and oxygen atoms in total. The maximum Gasteiger partial charge on any atom is 0.132 e. The van der Waals surface area contributed by atoms with Gasteiger partial charge in [0.05, 0.1) is 0 Å². The first-order chi connectivity index (χ1) is 8.29. The van der Waals surface area contributed by atoms with Crippen LogP contribution < -0.4 is 10.2 Å². The number of anilines is 1. The molecular formula is C13H22N4. The van der Waals surface area contributed by atoms with Crippen molar-refractivity contribution >= 4 is 5.82 Å². The van der Waals surface area contributed by atoms with Crippen LogP contribution in [0, 0.1) is 6.92 Å². The summed E-state index contributed by atoms with van der Waals surface area (Å²) >= 11 is 0. The van der Waals surface area contributed by atoms with Crippen LogP contribution >= 0.6 is 0 Å². The molecule has 2 rings (SSSR count). The Morgan fingerprint density at radius 3 is 2.76 bits per heavy atom. The molecule has 17 heavy (non-hydrogen) atoms. The van der Waals surface area contributed by atoms with E-state index >= 15 is 0 Å². The van der Waals surface area contributed by atoms with Crippen LogP contribution in [0.3, 0.4) is 0 Å². The fraction of sp³-hybridized carbons (Fsp3) is 0.692. The summed E-state index contributed by atoms with van der Waals surface area (Å²) in [5, 5.41) is 3.36. The van der Waals surface area contributed by atoms with Crippen molar-refractivity contribution in [2.75, 3.05) is 31.1 Å². The molecular weight excluding hydrogens is 212 g/mol. The van der Waals surface area contributed by atoms with Crippen LogP contribution in [0.4, 0.5) is 5.82 Å². The summed E-state index contributed by atoms with van der Waals surface area (Å²) in [5.74, 6) is 2.00. The van der Waals surface area contributed by atoms with E-state index in [0.29, 0.717) is 0 Å². The minimum atomic E-state index is 0.895. The van der Waals surface area contributed by atoms with Gasteiger partial charge in [-0.25, -0.2) is 9.97 Å². The van der Waals surface area contributed by atoms with Crippen molar-refractivity contribution in [1.82, 2.24) is 15.3 Å². The van der Waals surface area contributed by atoms with Gasteiger partial charge >= 0.3 is 0 Å². The Labute approximate surface area is 103 Å². The number of hydrogen-bond donors (Lipinski definition) is 1. The highest BCUT2D eigenvalue weighted by atomic mass is 15.2. The normalized spacial score (nSPS) is 16.2. The lowest BCUT2D eigenvalue weighted by Gasteiger charge is -2.28. The first-order valence-electron chi connectivity index (χ1n) is 6.60. The van der Waals surface area contributed by atoms with Crippen molar-refractivity contribution in [3.05, 3.63) is 17.6 Å². The second-order valence-electron chi connectivity index (χ2n) is 4.61. The Bertz CT molecular complexity index is 358. The van der Waals surface area contributed by atoms with Crippen molar-refractivity contribution in [1.29, 1.82) is 0 Å². The predicted molar refractivity (Wildman–Crippen MR) is 70.5 cm³/mol. The maximum atomic E-state index is 4.55. The van der Waals surface area contributed by atoms with Crippen molar-refractivity contribution in [3.8, 4) is 0 Å². The molecule has 1 fully saturated rings. The molecule has 0 spiro atoms. The van der Waals surface area contributed by atoms with Crippen LogP contribution in [-0.2, 0) is 6.42 Å². The summed E-state index contributed by atoms with van der Waals surface area (Å²) < 4.78 is 0. The number of hydrogen-bond acceptors (Lipinski definition) is 4. The Morgan fingerprint density at radius 1 is 1.29 bits per heavy atom. The molecule has 1 aliphatic rings. The van der Waals surface area contributed by atoms with Gasteiger partial charge in [0.25, 0.3) is 0 Å². The molecule has 0 aliphatic carbocycles. The number of piperazine rings is 1. The largest absolute Gasteiger partial charge is 0.354 e. The van der Waals surface area contributed by atoms with E-state index in [1.807, 2.05) is 6.92 Å². The number of nitrogens with one attached hydrogen (secondary N) is 1. The smallest absolute Gasteiger partial charge is 0.132 e. The lowest BCUT2D eigenvalue weighted by Crippen LogP contribution is -2.44. The summed E-state index contributed by atoms with van der Waals surface area (Å²) in [6, 6.07) is 2.16. The molecule has 2 heterocycles. The predicted octanol–water partition coefficient (Wildman–Crippen LogP) is 1.54. The molecule has 1 N–H and O–H groups in total. The quantitative estimate of drug-likeness (QED) is 0.858. The highest BCUT2D eigenvalue weighted by molar-refractivity contribution is 5.40. The van der Waals surface area contributed by atoms with Crippen LogP contribution in [0.1, 0.15) is 31.3 Å². The van der Waals surface area contributed by atoms with E-state index in [1.165, 1.54) is 18.5 Å². The third kappa shape index (κ3) is 3.40. The van der Waals surface area contributed by atoms with Crippen molar-refractivity contribution in [2.45, 2.75) is 33.1 Å². The number of unbranched alkanes of at least 4 members (excludes halogenated alkanes) is 1. The van der Waals surface area contributed by atoms with Crippen molar-refractivity contribution in [3.63, 3.8) is 0 Å². The number of nitrogens with zero attached hydrogens (tertiary/aromatic N) is 3. The van der Waals surface area contributed by atoms with Gasteiger partial charge in [-0.15, -0.1) is 0 Å². The molecule has 1 aromatic heterocycles. The second kappa shape index (κ2) is 5.96. The molecule has 0 bridgehead atoms. The second-order valence-corrected chi connectivity index (χ2v) is 4.61. The SMILES string of the molecule is CCCCc1cc(N2CCNCC2)nc(C)n1. The van der Waals surface area contributed by atoms with Crippen LogP contribution in [0.25, 0.3) is 0 Å². The lowest BCUT2D eigenvalue weighted by molar-refractivity contribution is 0.583. The van der Waals surface area contributed by atoms with E-state index in [1.54, 1.807) is 0 Å².